The topological polar surface area (TPSA) is 0 Å². The molecule has 1 rings (SSSR count). The zero-order valence-electron chi connectivity index (χ0n) is 7.52. The Bertz CT molecular complexity index is 269. The van der Waals surface area contributed by atoms with Gasteiger partial charge in [-0.3, -0.25) is 0 Å². The van der Waals surface area contributed by atoms with Gasteiger partial charge in [0.2, 0.25) is 0 Å². The van der Waals surface area contributed by atoms with Crippen molar-refractivity contribution in [2.75, 3.05) is 6.26 Å². The first-order chi connectivity index (χ1) is 5.65. The van der Waals surface area contributed by atoms with E-state index in [2.05, 4.69) is 0 Å². The predicted molar refractivity (Wildman–Crippen MR) is 51.9 cm³/mol. The predicted octanol–water partition coefficient (Wildman–Crippen LogP) is 3.51. The summed E-state index contributed by atoms with van der Waals surface area (Å²) in [7, 11) is 0. The summed E-state index contributed by atoms with van der Waals surface area (Å²) in [6.45, 7) is 3.99. The summed E-state index contributed by atoms with van der Waals surface area (Å²) < 4.78 is 12.8. The van der Waals surface area contributed by atoms with E-state index in [1.165, 1.54) is 6.07 Å². The lowest BCUT2D eigenvalue weighted by atomic mass is 10.0. The fraction of sp³-hybridized carbons (Fsp3) is 0.300. The molecule has 0 nitrogen and oxygen atoms in total. The van der Waals surface area contributed by atoms with Crippen molar-refractivity contribution in [2.24, 2.45) is 0 Å². The van der Waals surface area contributed by atoms with Gasteiger partial charge in [-0.1, -0.05) is 13.8 Å². The molecule has 0 aromatic heterocycles. The second kappa shape index (κ2) is 3.94. The average molecular weight is 183 g/mol. The quantitative estimate of drug-likeness (QED) is 0.632. The van der Waals surface area contributed by atoms with Gasteiger partial charge in [-0.05, 0) is 30.0 Å². The molecule has 0 bridgehead atoms. The molecule has 12 heavy (non-hydrogen) atoms. The van der Waals surface area contributed by atoms with Gasteiger partial charge in [-0.2, -0.15) is 0 Å². The number of hydrogen-bond donors (Lipinski definition) is 0. The minimum absolute atomic E-state index is 0.163. The summed E-state index contributed by atoms with van der Waals surface area (Å²) in [5, 5.41) is 0. The first-order valence-electron chi connectivity index (χ1n) is 3.79. The van der Waals surface area contributed by atoms with Crippen LogP contribution in [0.15, 0.2) is 23.1 Å². The normalized spacial score (nSPS) is 10.8. The molecule has 0 saturated carbocycles. The average Bonchev–Trinajstić information content (AvgIpc) is 2.04. The van der Waals surface area contributed by atoms with E-state index >= 15 is 0 Å². The van der Waals surface area contributed by atoms with E-state index in [-0.39, 0.29) is 5.82 Å². The highest BCUT2D eigenvalue weighted by molar-refractivity contribution is 7.98. The second-order valence-corrected chi connectivity index (χ2v) is 3.69. The number of hydrogen-bond acceptors (Lipinski definition) is 1. The maximum atomic E-state index is 12.8. The van der Waals surface area contributed by atoms with Crippen molar-refractivity contribution in [3.63, 3.8) is 0 Å². The van der Waals surface area contributed by atoms with Crippen LogP contribution in [0.4, 0.5) is 4.39 Å². The standard InChI is InChI=1S/C10H12FS/c1-7(2)9-6-8(11)4-5-10(9)12-3/h4-6H,1-3H3. The first kappa shape index (κ1) is 9.59. The zero-order valence-corrected chi connectivity index (χ0v) is 8.33. The van der Waals surface area contributed by atoms with Gasteiger partial charge in [0.15, 0.2) is 0 Å². The van der Waals surface area contributed by atoms with Crippen molar-refractivity contribution in [2.45, 2.75) is 18.7 Å². The van der Waals surface area contributed by atoms with Gasteiger partial charge in [0.05, 0.1) is 0 Å². The molecule has 0 atom stereocenters. The van der Waals surface area contributed by atoms with Gasteiger partial charge in [0.1, 0.15) is 5.82 Å². The van der Waals surface area contributed by atoms with Crippen LogP contribution >= 0.6 is 11.8 Å². The van der Waals surface area contributed by atoms with E-state index in [0.717, 1.165) is 16.4 Å². The minimum Gasteiger partial charge on any atom is -0.207 e. The van der Waals surface area contributed by atoms with Crippen LogP contribution in [0.3, 0.4) is 0 Å². The Morgan fingerprint density at radius 2 is 2.00 bits per heavy atom. The number of halogens is 1. The molecule has 1 aromatic rings. The molecule has 2 heteroatoms. The summed E-state index contributed by atoms with van der Waals surface area (Å²) >= 11 is 1.64. The molecule has 1 aromatic carbocycles. The summed E-state index contributed by atoms with van der Waals surface area (Å²) in [5.41, 5.74) is 1.02. The highest BCUT2D eigenvalue weighted by Gasteiger charge is 2.06. The lowest BCUT2D eigenvalue weighted by Crippen LogP contribution is -1.92. The van der Waals surface area contributed by atoms with Crippen LogP contribution in [0, 0.1) is 11.7 Å². The van der Waals surface area contributed by atoms with Crippen LogP contribution in [-0.4, -0.2) is 6.26 Å². The van der Waals surface area contributed by atoms with E-state index in [0.29, 0.717) is 0 Å². The van der Waals surface area contributed by atoms with E-state index < -0.39 is 0 Å². The molecular weight excluding hydrogens is 171 g/mol. The van der Waals surface area contributed by atoms with E-state index in [4.69, 9.17) is 0 Å². The number of thioether (sulfide) groups is 1. The van der Waals surface area contributed by atoms with E-state index in [1.807, 2.05) is 26.2 Å². The fourth-order valence-electron chi connectivity index (χ4n) is 1.07. The lowest BCUT2D eigenvalue weighted by Gasteiger charge is -2.09. The van der Waals surface area contributed by atoms with Crippen LogP contribution in [0.1, 0.15) is 19.4 Å². The third kappa shape index (κ3) is 2.01. The third-order valence-corrected chi connectivity index (χ3v) is 2.50. The van der Waals surface area contributed by atoms with Gasteiger partial charge in [0.25, 0.3) is 0 Å². The molecule has 0 N–H and O–H groups in total. The van der Waals surface area contributed by atoms with Crippen LogP contribution in [-0.2, 0) is 0 Å². The van der Waals surface area contributed by atoms with Gasteiger partial charge >= 0.3 is 0 Å². The second-order valence-electron chi connectivity index (χ2n) is 2.84. The van der Waals surface area contributed by atoms with Crippen molar-refractivity contribution >= 4 is 11.8 Å². The SMILES string of the molecule is CSc1ccc(F)cc1[C](C)C. The Morgan fingerprint density at radius 3 is 2.50 bits per heavy atom. The largest absolute Gasteiger partial charge is 0.207 e. The van der Waals surface area contributed by atoms with Crippen molar-refractivity contribution < 1.29 is 4.39 Å². The summed E-state index contributed by atoms with van der Waals surface area (Å²) in [4.78, 5) is 1.14. The van der Waals surface area contributed by atoms with Crippen molar-refractivity contribution in [3.8, 4) is 0 Å². The molecular formula is C10H12FS. The van der Waals surface area contributed by atoms with E-state index in [1.54, 1.807) is 17.8 Å². The maximum absolute atomic E-state index is 12.8. The Kier molecular flexibility index (Phi) is 3.15. The van der Waals surface area contributed by atoms with Gasteiger partial charge in [0, 0.05) is 10.8 Å². The first-order valence-corrected chi connectivity index (χ1v) is 5.01. The van der Waals surface area contributed by atoms with Crippen LogP contribution in [0.2, 0.25) is 0 Å². The molecule has 65 valence electrons. The van der Waals surface area contributed by atoms with Crippen LogP contribution < -0.4 is 0 Å². The Balaban J connectivity index is 3.12. The molecule has 0 aliphatic carbocycles. The van der Waals surface area contributed by atoms with E-state index in [9.17, 15) is 4.39 Å². The maximum Gasteiger partial charge on any atom is 0.123 e. The molecule has 0 heterocycles. The highest BCUT2D eigenvalue weighted by atomic mass is 32.2. The van der Waals surface area contributed by atoms with Crippen molar-refractivity contribution in [3.05, 3.63) is 35.5 Å². The highest BCUT2D eigenvalue weighted by Crippen LogP contribution is 2.26. The molecule has 0 aliphatic rings. The Hall–Kier alpha value is -0.500. The summed E-state index contributed by atoms with van der Waals surface area (Å²) in [6.07, 6.45) is 2.00. The summed E-state index contributed by atoms with van der Waals surface area (Å²) in [5.74, 6) is 0.989. The smallest absolute Gasteiger partial charge is 0.123 e. The Labute approximate surface area is 77.2 Å². The lowest BCUT2D eigenvalue weighted by molar-refractivity contribution is 0.624. The molecule has 0 amide bonds. The van der Waals surface area contributed by atoms with Crippen LogP contribution in [0.5, 0.6) is 0 Å². The van der Waals surface area contributed by atoms with Gasteiger partial charge in [-0.25, -0.2) is 4.39 Å². The molecule has 1 radical (unpaired) electrons. The zero-order chi connectivity index (χ0) is 9.14. The monoisotopic (exact) mass is 183 g/mol. The van der Waals surface area contributed by atoms with Crippen LogP contribution in [0.25, 0.3) is 0 Å². The molecule has 0 saturated heterocycles. The van der Waals surface area contributed by atoms with Crippen molar-refractivity contribution in [1.29, 1.82) is 0 Å². The molecule has 0 unspecified atom stereocenters. The number of benzene rings is 1. The molecule has 0 spiro atoms. The van der Waals surface area contributed by atoms with Crippen molar-refractivity contribution in [1.82, 2.24) is 0 Å². The minimum atomic E-state index is -0.163. The molecule has 0 fully saturated rings. The van der Waals surface area contributed by atoms with Gasteiger partial charge < -0.3 is 0 Å². The summed E-state index contributed by atoms with van der Waals surface area (Å²) in [6, 6.07) is 4.90. The fourth-order valence-corrected chi connectivity index (χ4v) is 1.76. The van der Waals surface area contributed by atoms with Gasteiger partial charge in [-0.15, -0.1) is 11.8 Å². The molecule has 0 aliphatic heterocycles. The third-order valence-electron chi connectivity index (χ3n) is 1.70. The number of rotatable bonds is 2. The Morgan fingerprint density at radius 1 is 1.33 bits per heavy atom.